The molecule has 4 rings (SSSR count). The lowest BCUT2D eigenvalue weighted by Crippen LogP contribution is -2.31. The summed E-state index contributed by atoms with van der Waals surface area (Å²) in [6.45, 7) is 1.01. The van der Waals surface area contributed by atoms with Crippen molar-refractivity contribution < 1.29 is 24.1 Å². The zero-order valence-corrected chi connectivity index (χ0v) is 18.8. The number of carbonyl (C=O) groups excluding carboxylic acids is 1. The molecule has 3 aromatic rings. The van der Waals surface area contributed by atoms with Crippen LogP contribution in [0.25, 0.3) is 11.3 Å². The molecule has 32 heavy (non-hydrogen) atoms. The number of hydrogen-bond donors (Lipinski definition) is 2. The second-order valence-electron chi connectivity index (χ2n) is 7.38. The molecule has 1 aliphatic heterocycles. The van der Waals surface area contributed by atoms with Gasteiger partial charge >= 0.3 is 0 Å². The van der Waals surface area contributed by atoms with E-state index in [0.29, 0.717) is 58.6 Å². The van der Waals surface area contributed by atoms with Crippen molar-refractivity contribution >= 4 is 17.5 Å². The lowest BCUT2D eigenvalue weighted by atomic mass is 9.95. The minimum Gasteiger partial charge on any atom is -0.507 e. The second-order valence-corrected chi connectivity index (χ2v) is 7.82. The summed E-state index contributed by atoms with van der Waals surface area (Å²) in [5, 5.41) is 18.2. The first-order chi connectivity index (χ1) is 15.5. The van der Waals surface area contributed by atoms with Crippen LogP contribution in [0, 0.1) is 0 Å². The summed E-state index contributed by atoms with van der Waals surface area (Å²) in [6.07, 6.45) is 0.668. The molecule has 1 aliphatic rings. The van der Waals surface area contributed by atoms with Crippen LogP contribution in [0.5, 0.6) is 17.2 Å². The highest BCUT2D eigenvalue weighted by Crippen LogP contribution is 2.46. The molecule has 2 N–H and O–H groups in total. The number of methoxy groups -OCH3 is 3. The van der Waals surface area contributed by atoms with Gasteiger partial charge in [-0.05, 0) is 42.3 Å². The quantitative estimate of drug-likeness (QED) is 0.495. The number of phenols is 1. The summed E-state index contributed by atoms with van der Waals surface area (Å²) in [5.41, 5.74) is 2.82. The molecule has 2 heterocycles. The van der Waals surface area contributed by atoms with Crippen molar-refractivity contribution in [1.29, 1.82) is 0 Å². The van der Waals surface area contributed by atoms with Crippen LogP contribution in [-0.4, -0.2) is 60.6 Å². The van der Waals surface area contributed by atoms with Crippen molar-refractivity contribution in [2.45, 2.75) is 12.5 Å². The molecule has 8 nitrogen and oxygen atoms in total. The van der Waals surface area contributed by atoms with E-state index >= 15 is 0 Å². The highest BCUT2D eigenvalue weighted by atomic mass is 35.5. The number of benzene rings is 2. The van der Waals surface area contributed by atoms with Crippen LogP contribution < -0.4 is 9.47 Å². The fraction of sp³-hybridized carbons (Fsp3) is 0.304. The number of halogens is 1. The largest absolute Gasteiger partial charge is 0.507 e. The predicted molar refractivity (Wildman–Crippen MR) is 120 cm³/mol. The minimum absolute atomic E-state index is 0.0278. The lowest BCUT2D eigenvalue weighted by Gasteiger charge is -2.27. The molecule has 0 bridgehead atoms. The number of carbonyl (C=O) groups is 1. The molecule has 2 aromatic carbocycles. The molecule has 0 spiro atoms. The number of amides is 1. The van der Waals surface area contributed by atoms with Gasteiger partial charge in [0, 0.05) is 36.4 Å². The lowest BCUT2D eigenvalue weighted by molar-refractivity contribution is 0.0723. The Hall–Kier alpha value is -3.23. The summed E-state index contributed by atoms with van der Waals surface area (Å²) in [6, 6.07) is 9.85. The highest BCUT2D eigenvalue weighted by molar-refractivity contribution is 6.31. The Morgan fingerprint density at radius 1 is 1.12 bits per heavy atom. The van der Waals surface area contributed by atoms with E-state index in [4.69, 9.17) is 25.8 Å². The number of H-pyrrole nitrogens is 1. The molecule has 9 heteroatoms. The van der Waals surface area contributed by atoms with Gasteiger partial charge in [0.15, 0.2) is 11.5 Å². The number of hydrogen-bond acceptors (Lipinski definition) is 6. The van der Waals surface area contributed by atoms with E-state index in [9.17, 15) is 9.90 Å². The number of aromatic nitrogens is 2. The molecular weight excluding hydrogens is 434 g/mol. The maximum Gasteiger partial charge on any atom is 0.273 e. The molecule has 0 aliphatic carbocycles. The molecule has 1 atom stereocenters. The number of phenolic OH excluding ortho intramolecular Hbond substituents is 1. The van der Waals surface area contributed by atoms with Crippen LogP contribution in [0.3, 0.4) is 0 Å². The van der Waals surface area contributed by atoms with Crippen molar-refractivity contribution in [3.63, 3.8) is 0 Å². The van der Waals surface area contributed by atoms with Gasteiger partial charge in [-0.15, -0.1) is 0 Å². The van der Waals surface area contributed by atoms with Gasteiger partial charge in [0.2, 0.25) is 0 Å². The van der Waals surface area contributed by atoms with Crippen molar-refractivity contribution in [2.75, 3.05) is 34.5 Å². The van der Waals surface area contributed by atoms with Gasteiger partial charge in [0.25, 0.3) is 5.91 Å². The van der Waals surface area contributed by atoms with Crippen LogP contribution >= 0.6 is 11.6 Å². The Morgan fingerprint density at radius 3 is 2.62 bits per heavy atom. The normalized spacial score (nSPS) is 15.2. The van der Waals surface area contributed by atoms with Crippen LogP contribution in [0.4, 0.5) is 0 Å². The van der Waals surface area contributed by atoms with Gasteiger partial charge in [-0.2, -0.15) is 5.10 Å². The maximum absolute atomic E-state index is 13.3. The Bertz CT molecular complexity index is 1150. The van der Waals surface area contributed by atoms with Crippen molar-refractivity contribution in [3.8, 4) is 28.5 Å². The molecule has 0 radical (unpaired) electrons. The topological polar surface area (TPSA) is 96.9 Å². The standard InChI is InChI=1S/C23H24ClN3O5/c1-30-10-4-9-27-22(13-5-8-17(31-2)18(11-13)32-3)19-20(25-26-21(19)23(27)29)15-12-14(24)6-7-16(15)28/h5-8,11-12,22,28H,4,9-10H2,1-3H3,(H,25,26). The third-order valence-electron chi connectivity index (χ3n) is 5.55. The van der Waals surface area contributed by atoms with Gasteiger partial charge in [0.05, 0.1) is 20.3 Å². The zero-order chi connectivity index (χ0) is 22.8. The molecule has 1 amide bonds. The monoisotopic (exact) mass is 457 g/mol. The van der Waals surface area contributed by atoms with Crippen molar-refractivity contribution in [1.82, 2.24) is 15.1 Å². The Kier molecular flexibility index (Phi) is 6.25. The third-order valence-corrected chi connectivity index (χ3v) is 5.78. The van der Waals surface area contributed by atoms with Gasteiger partial charge in [-0.25, -0.2) is 0 Å². The summed E-state index contributed by atoms with van der Waals surface area (Å²) in [5.74, 6) is 1.00. The van der Waals surface area contributed by atoms with Gasteiger partial charge in [0.1, 0.15) is 17.1 Å². The smallest absolute Gasteiger partial charge is 0.273 e. The van der Waals surface area contributed by atoms with E-state index in [2.05, 4.69) is 10.2 Å². The Labute approximate surface area is 190 Å². The van der Waals surface area contributed by atoms with E-state index < -0.39 is 6.04 Å². The van der Waals surface area contributed by atoms with E-state index in [1.807, 2.05) is 12.1 Å². The van der Waals surface area contributed by atoms with E-state index in [1.54, 1.807) is 44.4 Å². The van der Waals surface area contributed by atoms with Gasteiger partial charge in [-0.1, -0.05) is 17.7 Å². The molecular formula is C23H24ClN3O5. The van der Waals surface area contributed by atoms with E-state index in [-0.39, 0.29) is 11.7 Å². The molecule has 0 saturated carbocycles. The fourth-order valence-electron chi connectivity index (χ4n) is 4.08. The summed E-state index contributed by atoms with van der Waals surface area (Å²) in [4.78, 5) is 15.1. The molecule has 168 valence electrons. The van der Waals surface area contributed by atoms with Crippen molar-refractivity contribution in [2.24, 2.45) is 0 Å². The first-order valence-corrected chi connectivity index (χ1v) is 10.5. The van der Waals surface area contributed by atoms with Gasteiger partial charge < -0.3 is 24.2 Å². The van der Waals surface area contributed by atoms with Crippen molar-refractivity contribution in [3.05, 3.63) is 58.2 Å². The third kappa shape index (κ3) is 3.76. The van der Waals surface area contributed by atoms with Gasteiger partial charge in [-0.3, -0.25) is 9.89 Å². The predicted octanol–water partition coefficient (Wildman–Crippen LogP) is 4.03. The number of fused-ring (bicyclic) bond motifs is 1. The maximum atomic E-state index is 13.3. The number of nitrogens with one attached hydrogen (secondary N) is 1. The molecule has 1 aromatic heterocycles. The van der Waals surface area contributed by atoms with Crippen LogP contribution in [0.2, 0.25) is 5.02 Å². The number of ether oxygens (including phenoxy) is 3. The van der Waals surface area contributed by atoms with Crippen LogP contribution in [0.1, 0.15) is 34.1 Å². The summed E-state index contributed by atoms with van der Waals surface area (Å²) in [7, 11) is 4.77. The highest BCUT2D eigenvalue weighted by Gasteiger charge is 2.42. The average Bonchev–Trinajstić information content (AvgIpc) is 3.34. The molecule has 1 unspecified atom stereocenters. The Balaban J connectivity index is 1.87. The Morgan fingerprint density at radius 2 is 1.91 bits per heavy atom. The number of aromatic amines is 1. The summed E-state index contributed by atoms with van der Waals surface area (Å²) >= 11 is 6.18. The molecule has 0 fully saturated rings. The fourth-order valence-corrected chi connectivity index (χ4v) is 4.25. The summed E-state index contributed by atoms with van der Waals surface area (Å²) < 4.78 is 16.0. The van der Waals surface area contributed by atoms with Crippen LogP contribution in [0.15, 0.2) is 36.4 Å². The zero-order valence-electron chi connectivity index (χ0n) is 18.0. The van der Waals surface area contributed by atoms with Crippen LogP contribution in [-0.2, 0) is 4.74 Å². The average molecular weight is 458 g/mol. The first-order valence-electron chi connectivity index (χ1n) is 10.1. The second kappa shape index (κ2) is 9.10. The minimum atomic E-state index is -0.443. The SMILES string of the molecule is COCCCN1C(=O)c2[nH]nc(-c3cc(Cl)ccc3O)c2C1c1ccc(OC)c(OC)c1. The molecule has 0 saturated heterocycles. The van der Waals surface area contributed by atoms with E-state index in [0.717, 1.165) is 5.56 Å². The number of aromatic hydroxyl groups is 1. The van der Waals surface area contributed by atoms with E-state index in [1.165, 1.54) is 6.07 Å². The number of rotatable bonds is 8. The first kappa shape index (κ1) is 22.0. The number of nitrogens with zero attached hydrogens (tertiary/aromatic N) is 2.